The molecule has 1 aliphatic carbocycles. The second-order valence-corrected chi connectivity index (χ2v) is 6.75. The monoisotopic (exact) mass is 322 g/mol. The third-order valence-electron chi connectivity index (χ3n) is 3.84. The molecule has 1 aromatic carbocycles. The highest BCUT2D eigenvalue weighted by atomic mass is 35.5. The Morgan fingerprint density at radius 1 is 1.29 bits per heavy atom. The fourth-order valence-corrected chi connectivity index (χ4v) is 4.21. The summed E-state index contributed by atoms with van der Waals surface area (Å²) in [6.45, 7) is 1.08. The van der Waals surface area contributed by atoms with Crippen molar-refractivity contribution >= 4 is 22.9 Å². The number of hydrogen-bond donors (Lipinski definition) is 1. The third kappa shape index (κ3) is 2.29. The summed E-state index contributed by atoms with van der Waals surface area (Å²) in [4.78, 5) is 5.96. The van der Waals surface area contributed by atoms with Gasteiger partial charge in [-0.15, -0.1) is 11.3 Å². The zero-order valence-electron chi connectivity index (χ0n) is 11.4. The van der Waals surface area contributed by atoms with Crippen molar-refractivity contribution in [1.29, 1.82) is 0 Å². The first kappa shape index (κ1) is 13.4. The van der Waals surface area contributed by atoms with Gasteiger partial charge in [0.25, 0.3) is 0 Å². The zero-order valence-corrected chi connectivity index (χ0v) is 13.0. The van der Waals surface area contributed by atoms with Crippen molar-refractivity contribution in [2.45, 2.75) is 25.3 Å². The maximum atomic E-state index is 6.30. The molecule has 1 atom stereocenters. The SMILES string of the molecule is NC1CCCc2nc(-c3cc(Cl)c4c(c3)OCCO4)sc21. The molecule has 1 unspecified atom stereocenters. The average Bonchev–Trinajstić information content (AvgIpc) is 2.93. The van der Waals surface area contributed by atoms with Gasteiger partial charge in [0.1, 0.15) is 18.2 Å². The summed E-state index contributed by atoms with van der Waals surface area (Å²) < 4.78 is 11.2. The quantitative estimate of drug-likeness (QED) is 0.872. The van der Waals surface area contributed by atoms with E-state index in [1.165, 1.54) is 4.88 Å². The van der Waals surface area contributed by atoms with Gasteiger partial charge in [-0.05, 0) is 31.4 Å². The molecular formula is C15H15ClN2O2S. The Morgan fingerprint density at radius 2 is 2.14 bits per heavy atom. The Labute approximate surface area is 131 Å². The van der Waals surface area contributed by atoms with Gasteiger partial charge in [-0.3, -0.25) is 0 Å². The summed E-state index contributed by atoms with van der Waals surface area (Å²) in [6, 6.07) is 3.97. The van der Waals surface area contributed by atoms with Crippen molar-refractivity contribution in [3.8, 4) is 22.1 Å². The minimum Gasteiger partial charge on any atom is -0.486 e. The van der Waals surface area contributed by atoms with E-state index in [0.717, 1.165) is 35.5 Å². The lowest BCUT2D eigenvalue weighted by molar-refractivity contribution is 0.172. The van der Waals surface area contributed by atoms with E-state index in [4.69, 9.17) is 31.8 Å². The van der Waals surface area contributed by atoms with E-state index in [1.54, 1.807) is 11.3 Å². The number of benzene rings is 1. The summed E-state index contributed by atoms with van der Waals surface area (Å²) in [5.74, 6) is 1.32. The molecule has 110 valence electrons. The minimum atomic E-state index is 0.118. The second-order valence-electron chi connectivity index (χ2n) is 5.31. The van der Waals surface area contributed by atoms with Crippen molar-refractivity contribution in [2.24, 2.45) is 5.73 Å². The van der Waals surface area contributed by atoms with Crippen LogP contribution in [0.5, 0.6) is 11.5 Å². The Morgan fingerprint density at radius 3 is 3.00 bits per heavy atom. The van der Waals surface area contributed by atoms with Crippen LogP contribution < -0.4 is 15.2 Å². The summed E-state index contributed by atoms with van der Waals surface area (Å²) >= 11 is 7.96. The van der Waals surface area contributed by atoms with Crippen LogP contribution in [0.2, 0.25) is 5.02 Å². The lowest BCUT2D eigenvalue weighted by atomic mass is 9.99. The van der Waals surface area contributed by atoms with Crippen LogP contribution >= 0.6 is 22.9 Å². The predicted octanol–water partition coefficient (Wildman–Crippen LogP) is 3.57. The van der Waals surface area contributed by atoms with Crippen LogP contribution in [-0.4, -0.2) is 18.2 Å². The molecule has 4 nitrogen and oxygen atoms in total. The molecule has 6 heteroatoms. The Kier molecular flexibility index (Phi) is 3.28. The molecule has 0 bridgehead atoms. The molecule has 0 spiro atoms. The minimum absolute atomic E-state index is 0.118. The van der Waals surface area contributed by atoms with Gasteiger partial charge in [-0.25, -0.2) is 4.98 Å². The number of nitrogens with zero attached hydrogens (tertiary/aromatic N) is 1. The van der Waals surface area contributed by atoms with E-state index in [0.29, 0.717) is 29.7 Å². The summed E-state index contributed by atoms with van der Waals surface area (Å²) in [6.07, 6.45) is 3.16. The molecule has 2 aliphatic rings. The van der Waals surface area contributed by atoms with Crippen LogP contribution in [0, 0.1) is 0 Å². The highest BCUT2D eigenvalue weighted by Gasteiger charge is 2.24. The molecule has 0 saturated carbocycles. The average molecular weight is 323 g/mol. The Hall–Kier alpha value is -1.30. The van der Waals surface area contributed by atoms with Crippen molar-refractivity contribution in [3.05, 3.63) is 27.7 Å². The van der Waals surface area contributed by atoms with E-state index in [2.05, 4.69) is 0 Å². The highest BCUT2D eigenvalue weighted by molar-refractivity contribution is 7.15. The summed E-state index contributed by atoms with van der Waals surface area (Å²) in [5, 5.41) is 1.52. The number of nitrogens with two attached hydrogens (primary N) is 1. The van der Waals surface area contributed by atoms with Crippen molar-refractivity contribution in [2.75, 3.05) is 13.2 Å². The molecule has 0 amide bonds. The number of aromatic nitrogens is 1. The molecule has 0 saturated heterocycles. The van der Waals surface area contributed by atoms with Gasteiger partial charge in [0.05, 0.1) is 10.7 Å². The van der Waals surface area contributed by atoms with Gasteiger partial charge in [0.15, 0.2) is 11.5 Å². The van der Waals surface area contributed by atoms with Crippen LogP contribution in [0.4, 0.5) is 0 Å². The normalized spacial score (nSPS) is 20.2. The van der Waals surface area contributed by atoms with Gasteiger partial charge >= 0.3 is 0 Å². The molecule has 2 N–H and O–H groups in total. The maximum Gasteiger partial charge on any atom is 0.179 e. The fraction of sp³-hybridized carbons (Fsp3) is 0.400. The number of hydrogen-bond acceptors (Lipinski definition) is 5. The molecular weight excluding hydrogens is 308 g/mol. The van der Waals surface area contributed by atoms with E-state index < -0.39 is 0 Å². The molecule has 2 heterocycles. The number of thiazole rings is 1. The standard InChI is InChI=1S/C15H15ClN2O2S/c16-9-6-8(7-12-13(9)20-5-4-19-12)15-18-11-3-1-2-10(17)14(11)21-15/h6-7,10H,1-5,17H2. The number of halogens is 1. The van der Waals surface area contributed by atoms with Gasteiger partial charge in [0.2, 0.25) is 0 Å². The van der Waals surface area contributed by atoms with Crippen LogP contribution in [0.1, 0.15) is 29.5 Å². The van der Waals surface area contributed by atoms with Crippen LogP contribution in [0.25, 0.3) is 10.6 Å². The van der Waals surface area contributed by atoms with Crippen molar-refractivity contribution in [1.82, 2.24) is 4.98 Å². The zero-order chi connectivity index (χ0) is 14.4. The fourth-order valence-electron chi connectivity index (χ4n) is 2.81. The summed E-state index contributed by atoms with van der Waals surface area (Å²) in [5.41, 5.74) is 8.29. The predicted molar refractivity (Wildman–Crippen MR) is 83.4 cm³/mol. The molecule has 0 radical (unpaired) electrons. The van der Waals surface area contributed by atoms with Crippen molar-refractivity contribution in [3.63, 3.8) is 0 Å². The number of aryl methyl sites for hydroxylation is 1. The largest absolute Gasteiger partial charge is 0.486 e. The molecule has 1 aliphatic heterocycles. The van der Waals surface area contributed by atoms with E-state index in [1.807, 2.05) is 12.1 Å². The van der Waals surface area contributed by atoms with Crippen LogP contribution in [0.3, 0.4) is 0 Å². The van der Waals surface area contributed by atoms with Crippen molar-refractivity contribution < 1.29 is 9.47 Å². The molecule has 1 aromatic heterocycles. The van der Waals surface area contributed by atoms with Gasteiger partial charge < -0.3 is 15.2 Å². The lowest BCUT2D eigenvalue weighted by Gasteiger charge is -2.19. The maximum absolute atomic E-state index is 6.30. The van der Waals surface area contributed by atoms with E-state index >= 15 is 0 Å². The molecule has 21 heavy (non-hydrogen) atoms. The van der Waals surface area contributed by atoms with Gasteiger partial charge in [0, 0.05) is 16.5 Å². The number of rotatable bonds is 1. The van der Waals surface area contributed by atoms with Crippen LogP contribution in [-0.2, 0) is 6.42 Å². The first-order valence-electron chi connectivity index (χ1n) is 7.07. The second kappa shape index (κ2) is 5.16. The molecule has 4 rings (SSSR count). The third-order valence-corrected chi connectivity index (χ3v) is 5.40. The smallest absolute Gasteiger partial charge is 0.179 e. The van der Waals surface area contributed by atoms with Crippen LogP contribution in [0.15, 0.2) is 12.1 Å². The number of fused-ring (bicyclic) bond motifs is 2. The lowest BCUT2D eigenvalue weighted by Crippen LogP contribution is -2.15. The summed E-state index contributed by atoms with van der Waals surface area (Å²) in [7, 11) is 0. The number of ether oxygens (including phenoxy) is 2. The van der Waals surface area contributed by atoms with Gasteiger partial charge in [-0.1, -0.05) is 11.6 Å². The Bertz CT molecular complexity index is 701. The van der Waals surface area contributed by atoms with E-state index in [9.17, 15) is 0 Å². The molecule has 2 aromatic rings. The van der Waals surface area contributed by atoms with Gasteiger partial charge in [-0.2, -0.15) is 0 Å². The Balaban J connectivity index is 1.78. The topological polar surface area (TPSA) is 57.4 Å². The first-order valence-corrected chi connectivity index (χ1v) is 8.26. The molecule has 0 fully saturated rings. The first-order chi connectivity index (χ1) is 10.2. The highest BCUT2D eigenvalue weighted by Crippen LogP contribution is 2.43. The van der Waals surface area contributed by atoms with E-state index in [-0.39, 0.29) is 6.04 Å².